The second-order valence-electron chi connectivity index (χ2n) is 22.9. The molecule has 4 heterocycles. The van der Waals surface area contributed by atoms with Gasteiger partial charge in [0, 0.05) is 37.5 Å². The molecule has 4 aromatic heterocycles. The maximum Gasteiger partial charge on any atom is 3.00 e. The Morgan fingerprint density at radius 1 is 0.379 bits per heavy atom. The summed E-state index contributed by atoms with van der Waals surface area (Å²) in [6, 6.07) is 37.3. The van der Waals surface area contributed by atoms with E-state index in [2.05, 4.69) is 98.8 Å². The zero-order chi connectivity index (χ0) is 72.9. The predicted molar refractivity (Wildman–Crippen MR) is 365 cm³/mol. The first kappa shape index (κ1) is 88.9. The van der Waals surface area contributed by atoms with Gasteiger partial charge < -0.3 is 43.4 Å². The van der Waals surface area contributed by atoms with Gasteiger partial charge in [-0.2, -0.15) is 52.7 Å². The van der Waals surface area contributed by atoms with Gasteiger partial charge in [0.1, 0.15) is 0 Å². The van der Waals surface area contributed by atoms with Crippen molar-refractivity contribution >= 4 is 0 Å². The van der Waals surface area contributed by atoms with Gasteiger partial charge in [0.2, 0.25) is 0 Å². The number of pyridine rings is 4. The molecular formula is C79H82F12Ir2N4O6. The van der Waals surface area contributed by atoms with Crippen molar-refractivity contribution in [3.63, 3.8) is 0 Å². The molecule has 4 aliphatic carbocycles. The third-order valence-electron chi connectivity index (χ3n) is 16.0. The van der Waals surface area contributed by atoms with E-state index in [1.165, 1.54) is 148 Å². The molecular weight excluding hydrogens is 1710 g/mol. The van der Waals surface area contributed by atoms with Crippen LogP contribution in [0.5, 0.6) is 0 Å². The van der Waals surface area contributed by atoms with E-state index in [-0.39, 0.29) is 47.6 Å². The molecule has 10 nitrogen and oxygen atoms in total. The van der Waals surface area contributed by atoms with E-state index < -0.39 is 47.0 Å². The van der Waals surface area contributed by atoms with Gasteiger partial charge in [0.15, 0.2) is 0 Å². The second-order valence-corrected chi connectivity index (χ2v) is 22.9. The summed E-state index contributed by atoms with van der Waals surface area (Å²) in [7, 11) is 9.21. The largest absolute Gasteiger partial charge is 3.00 e. The smallest absolute Gasteiger partial charge is 0.692 e. The van der Waals surface area contributed by atoms with Crippen LogP contribution in [0.15, 0.2) is 158 Å². The number of allylic oxidation sites excluding steroid dienone is 2. The average Bonchev–Trinajstić information content (AvgIpc) is 0.830. The molecule has 0 amide bonds. The minimum Gasteiger partial charge on any atom is -0.692 e. The number of alkyl halides is 12. The molecule has 0 saturated carbocycles. The van der Waals surface area contributed by atoms with E-state index >= 15 is 0 Å². The number of nitrogens with zero attached hydrogens (tertiary/aromatic N) is 4. The molecule has 0 N–H and O–H groups in total. The third-order valence-corrected chi connectivity index (χ3v) is 16.0. The molecule has 4 aliphatic rings. The number of aryl methyl sites for hydroxylation is 8. The molecule has 103 heavy (non-hydrogen) atoms. The molecule has 24 heteroatoms. The monoisotopic (exact) mass is 1800 g/mol. The maximum absolute atomic E-state index is 12.5. The average molecular weight is 1800 g/mol. The molecule has 0 fully saturated rings. The number of halogens is 12. The number of aromatic nitrogens is 4. The molecule has 556 valence electrons. The Morgan fingerprint density at radius 3 is 0.893 bits per heavy atom. The number of benzene rings is 4. The number of hydrogen-bond donors (Lipinski definition) is 0. The van der Waals surface area contributed by atoms with E-state index in [1.807, 2.05) is 42.5 Å². The Balaban J connectivity index is 0.000000325. The summed E-state index contributed by atoms with van der Waals surface area (Å²) >= 11 is 0. The summed E-state index contributed by atoms with van der Waals surface area (Å²) in [6.07, 6.45) is 10.6. The standard InChI is InChI=1S/C16H14F3N.3C16H13F3N.2C5H9O2.C4H7O2.CH4.2Ir/c4*17-16(18,19)14-7-8-15(20-10-14)13-6-5-11-3-1-2-4-12(11)9-13;2*1-5(7-3)4-6-2;1-5-3-4-6-2;;;/h5-10H,1-4H2;3*5,7-10H,1-4H2;2*4H,1H2,2-3H3;3H,1-2H3;1H4;;/q;6*-1;;2*+3/b;;;;5-4+;5-4-;;;;. The summed E-state index contributed by atoms with van der Waals surface area (Å²) in [4.78, 5) is 15.7. The molecule has 0 saturated heterocycles. The van der Waals surface area contributed by atoms with Crippen LogP contribution in [0.25, 0.3) is 45.0 Å². The molecule has 8 aromatic rings. The normalized spacial score (nSPS) is 13.6. The molecule has 0 spiro atoms. The molecule has 0 atom stereocenters. The Kier molecular flexibility index (Phi) is 37.7. The van der Waals surface area contributed by atoms with Gasteiger partial charge in [-0.05, 0) is 115 Å². The summed E-state index contributed by atoms with van der Waals surface area (Å²) in [5, 5.41) is 0. The fourth-order valence-corrected chi connectivity index (χ4v) is 10.7. The molecule has 4 aromatic carbocycles. The van der Waals surface area contributed by atoms with Crippen molar-refractivity contribution in [2.24, 2.45) is 0 Å². The van der Waals surface area contributed by atoms with Crippen LogP contribution in [0.3, 0.4) is 0 Å². The number of hydrogen-bond acceptors (Lipinski definition) is 10. The second kappa shape index (κ2) is 43.7. The fraction of sp³-hybridized carbons (Fsp3) is 0.342. The van der Waals surface area contributed by atoms with Gasteiger partial charge in [0.25, 0.3) is 0 Å². The van der Waals surface area contributed by atoms with Gasteiger partial charge in [0.05, 0.1) is 63.5 Å². The minimum absolute atomic E-state index is 0. The quantitative estimate of drug-likeness (QED) is 0.0746. The van der Waals surface area contributed by atoms with Crippen LogP contribution < -0.4 is 0 Å². The third kappa shape index (κ3) is 29.0. The SMILES string of the molecule is C.CO[C-]=COC.FC(F)(F)c1ccc(-c2[c-]cc3c(c2)CCCC3)nc1.FC(F)(F)c1ccc(-c2[c-]cc3c(c2)CCCC3)nc1.FC(F)(F)c1ccc(-c2[c-]cc3c(c2)CCCC3)nc1.FC(F)(F)c1ccc(-c2ccc3c(c2)CCCC3)nc1.[CH2-]/C(=C/OC)OC.[CH2-]/C(=C\OC)OC.[Ir+3].[Ir+3]. The molecule has 12 rings (SSSR count). The number of rotatable bonds is 10. The fourth-order valence-electron chi connectivity index (χ4n) is 10.7. The van der Waals surface area contributed by atoms with Gasteiger partial charge in [-0.15, -0.1) is 105 Å². The van der Waals surface area contributed by atoms with E-state index in [0.717, 1.165) is 142 Å². The molecule has 0 aliphatic heterocycles. The molecule has 0 unspecified atom stereocenters. The summed E-state index contributed by atoms with van der Waals surface area (Å²) in [6.45, 7) is 6.92. The molecule has 0 bridgehead atoms. The Bertz CT molecular complexity index is 3420. The van der Waals surface area contributed by atoms with Crippen LogP contribution in [-0.2, 0) is 145 Å². The Morgan fingerprint density at radius 2 is 0.660 bits per heavy atom. The number of ether oxygens (including phenoxy) is 6. The van der Waals surface area contributed by atoms with Crippen molar-refractivity contribution in [1.29, 1.82) is 0 Å². The van der Waals surface area contributed by atoms with Crippen molar-refractivity contribution in [2.45, 2.75) is 135 Å². The minimum atomic E-state index is -4.34. The summed E-state index contributed by atoms with van der Waals surface area (Å²) in [5.74, 6) is 1.06. The van der Waals surface area contributed by atoms with Crippen LogP contribution in [-0.4, -0.2) is 62.6 Å². The zero-order valence-corrected chi connectivity index (χ0v) is 61.8. The topological polar surface area (TPSA) is 107 Å². The van der Waals surface area contributed by atoms with Crippen LogP contribution >= 0.6 is 0 Å². The predicted octanol–water partition coefficient (Wildman–Crippen LogP) is 21.1. The first-order chi connectivity index (χ1) is 47.7. The van der Waals surface area contributed by atoms with Crippen molar-refractivity contribution in [2.75, 3.05) is 42.7 Å². The van der Waals surface area contributed by atoms with Crippen molar-refractivity contribution in [3.8, 4) is 45.0 Å². The first-order valence-electron chi connectivity index (χ1n) is 31.9. The van der Waals surface area contributed by atoms with E-state index in [1.54, 1.807) is 14.2 Å². The van der Waals surface area contributed by atoms with Crippen molar-refractivity contribution in [3.05, 3.63) is 263 Å². The zero-order valence-electron chi connectivity index (χ0n) is 57.0. The van der Waals surface area contributed by atoms with Crippen LogP contribution in [0.4, 0.5) is 52.7 Å². The number of fused-ring (bicyclic) bond motifs is 4. The van der Waals surface area contributed by atoms with Gasteiger partial charge in [-0.1, -0.05) is 120 Å². The van der Waals surface area contributed by atoms with Gasteiger partial charge in [-0.3, -0.25) is 11.2 Å². The van der Waals surface area contributed by atoms with Gasteiger partial charge >= 0.3 is 64.9 Å². The van der Waals surface area contributed by atoms with E-state index in [0.29, 0.717) is 34.3 Å². The first-order valence-corrected chi connectivity index (χ1v) is 31.9. The van der Waals surface area contributed by atoms with Crippen LogP contribution in [0, 0.1) is 38.3 Å². The van der Waals surface area contributed by atoms with Crippen molar-refractivity contribution < 1.29 is 121 Å². The van der Waals surface area contributed by atoms with E-state index in [4.69, 9.17) is 0 Å². The Labute approximate surface area is 623 Å². The Hall–Kier alpha value is -8.30. The number of methoxy groups -OCH3 is 6. The van der Waals surface area contributed by atoms with Crippen molar-refractivity contribution in [1.82, 2.24) is 19.9 Å². The summed E-state index contributed by atoms with van der Waals surface area (Å²) < 4.78 is 177. The van der Waals surface area contributed by atoms with Gasteiger partial charge in [-0.25, -0.2) is 13.8 Å². The molecule has 0 radical (unpaired) electrons. The maximum atomic E-state index is 12.5. The van der Waals surface area contributed by atoms with Crippen LogP contribution in [0.1, 0.15) is 126 Å². The van der Waals surface area contributed by atoms with E-state index in [9.17, 15) is 52.7 Å². The van der Waals surface area contributed by atoms with Crippen LogP contribution in [0.2, 0.25) is 0 Å². The summed E-state index contributed by atoms with van der Waals surface area (Å²) in [5.41, 5.74) is 12.9.